The van der Waals surface area contributed by atoms with Crippen molar-refractivity contribution in [3.8, 4) is 0 Å². The molecule has 84 valence electrons. The van der Waals surface area contributed by atoms with Crippen LogP contribution in [0.5, 0.6) is 0 Å². The second kappa shape index (κ2) is 4.66. The molecule has 2 aromatic heterocycles. The van der Waals surface area contributed by atoms with E-state index in [0.717, 1.165) is 17.2 Å². The average molecular weight is 240 g/mol. The van der Waals surface area contributed by atoms with Gasteiger partial charge in [0, 0.05) is 13.0 Å². The minimum absolute atomic E-state index is 0.0298. The fourth-order valence-electron chi connectivity index (χ4n) is 1.07. The van der Waals surface area contributed by atoms with Gasteiger partial charge in [-0.1, -0.05) is 0 Å². The predicted octanol–water partition coefficient (Wildman–Crippen LogP) is 0.824. The maximum Gasteiger partial charge on any atom is 0.345 e. The van der Waals surface area contributed by atoms with E-state index in [1.807, 2.05) is 0 Å². The van der Waals surface area contributed by atoms with Gasteiger partial charge in [-0.2, -0.15) is 5.10 Å². The zero-order valence-electron chi connectivity index (χ0n) is 8.08. The number of aromatic nitrogens is 4. The first-order valence-corrected chi connectivity index (χ1v) is 5.25. The summed E-state index contributed by atoms with van der Waals surface area (Å²) < 4.78 is 0. The third kappa shape index (κ3) is 2.51. The number of rotatable bonds is 5. The van der Waals surface area contributed by atoms with E-state index in [4.69, 9.17) is 0 Å². The number of hydrogen-bond acceptors (Lipinski definition) is 7. The second-order valence-electron chi connectivity index (χ2n) is 2.87. The molecule has 2 rings (SSSR count). The number of hydrogen-bond donors (Lipinski definition) is 2. The Labute approximate surface area is 93.9 Å². The van der Waals surface area contributed by atoms with Crippen molar-refractivity contribution in [3.05, 3.63) is 28.5 Å². The highest BCUT2D eigenvalue weighted by Crippen LogP contribution is 2.24. The van der Waals surface area contributed by atoms with Gasteiger partial charge in [-0.25, -0.2) is 9.97 Å². The molecule has 0 bridgehead atoms. The number of H-pyrrole nitrogens is 1. The van der Waals surface area contributed by atoms with Crippen LogP contribution in [0.25, 0.3) is 0 Å². The smallest absolute Gasteiger partial charge is 0.345 e. The van der Waals surface area contributed by atoms with Crippen LogP contribution < -0.4 is 5.32 Å². The molecule has 0 atom stereocenters. The van der Waals surface area contributed by atoms with Gasteiger partial charge in [0.05, 0.1) is 4.92 Å². The fraction of sp³-hybridized carbons (Fsp3) is 0.286. The third-order valence-electron chi connectivity index (χ3n) is 1.78. The van der Waals surface area contributed by atoms with Gasteiger partial charge in [-0.05, 0) is 11.3 Å². The van der Waals surface area contributed by atoms with Crippen LogP contribution in [-0.4, -0.2) is 31.6 Å². The summed E-state index contributed by atoms with van der Waals surface area (Å²) in [6.07, 6.45) is 3.33. The summed E-state index contributed by atoms with van der Waals surface area (Å²) in [4.78, 5) is 17.8. The van der Waals surface area contributed by atoms with Crippen molar-refractivity contribution in [2.24, 2.45) is 0 Å². The summed E-state index contributed by atoms with van der Waals surface area (Å²) in [5, 5.41) is 20.4. The number of aromatic amines is 1. The van der Waals surface area contributed by atoms with E-state index in [0.29, 0.717) is 18.1 Å². The Hall–Kier alpha value is -2.03. The number of nitrogens with one attached hydrogen (secondary N) is 2. The number of thiazole rings is 1. The molecule has 0 aliphatic rings. The van der Waals surface area contributed by atoms with Gasteiger partial charge in [0.2, 0.25) is 0 Å². The van der Waals surface area contributed by atoms with Crippen LogP contribution in [0.2, 0.25) is 0 Å². The summed E-state index contributed by atoms with van der Waals surface area (Å²) in [6.45, 7) is 0.597. The monoisotopic (exact) mass is 240 g/mol. The molecule has 16 heavy (non-hydrogen) atoms. The molecular formula is C7H8N6O2S. The normalized spacial score (nSPS) is 10.2. The first-order chi connectivity index (χ1) is 7.75. The Morgan fingerprint density at radius 3 is 3.06 bits per heavy atom. The van der Waals surface area contributed by atoms with Crippen molar-refractivity contribution in [1.82, 2.24) is 20.2 Å². The van der Waals surface area contributed by atoms with Crippen molar-refractivity contribution in [3.63, 3.8) is 0 Å². The molecule has 2 N–H and O–H groups in total. The van der Waals surface area contributed by atoms with Crippen LogP contribution in [0, 0.1) is 10.1 Å². The van der Waals surface area contributed by atoms with Crippen molar-refractivity contribution >= 4 is 21.5 Å². The van der Waals surface area contributed by atoms with E-state index in [1.165, 1.54) is 12.5 Å². The maximum atomic E-state index is 10.4. The van der Waals surface area contributed by atoms with Crippen LogP contribution in [0.3, 0.4) is 0 Å². The fourth-order valence-corrected chi connectivity index (χ4v) is 1.73. The van der Waals surface area contributed by atoms with Crippen LogP contribution in [0.15, 0.2) is 12.5 Å². The van der Waals surface area contributed by atoms with Gasteiger partial charge in [0.25, 0.3) is 0 Å². The van der Waals surface area contributed by atoms with E-state index >= 15 is 0 Å². The molecule has 2 heterocycles. The molecule has 0 fully saturated rings. The van der Waals surface area contributed by atoms with Crippen molar-refractivity contribution in [1.29, 1.82) is 0 Å². The number of nitro groups is 1. The summed E-state index contributed by atoms with van der Waals surface area (Å²) in [6, 6.07) is 0. The Bertz CT molecular complexity index is 467. The zero-order chi connectivity index (χ0) is 11.4. The SMILES string of the molecule is O=[N+]([O-])c1cnc(NCCc2ncn[nH]2)s1. The molecular weight excluding hydrogens is 232 g/mol. The average Bonchev–Trinajstić information content (AvgIpc) is 2.87. The van der Waals surface area contributed by atoms with Crippen molar-refractivity contribution < 1.29 is 4.92 Å². The lowest BCUT2D eigenvalue weighted by Crippen LogP contribution is -2.05. The first kappa shape index (κ1) is 10.5. The summed E-state index contributed by atoms with van der Waals surface area (Å²) in [5.41, 5.74) is 0. The lowest BCUT2D eigenvalue weighted by atomic mass is 10.4. The largest absolute Gasteiger partial charge is 0.361 e. The molecule has 0 aliphatic carbocycles. The molecule has 0 saturated carbocycles. The minimum Gasteiger partial charge on any atom is -0.361 e. The van der Waals surface area contributed by atoms with Gasteiger partial charge < -0.3 is 5.32 Å². The van der Waals surface area contributed by atoms with E-state index in [2.05, 4.69) is 25.5 Å². The van der Waals surface area contributed by atoms with Gasteiger partial charge >= 0.3 is 5.00 Å². The molecule has 2 aromatic rings. The minimum atomic E-state index is -0.459. The topological polar surface area (TPSA) is 110 Å². The molecule has 8 nitrogen and oxygen atoms in total. The molecule has 0 aromatic carbocycles. The molecule has 0 radical (unpaired) electrons. The second-order valence-corrected chi connectivity index (χ2v) is 3.88. The van der Waals surface area contributed by atoms with E-state index in [1.54, 1.807) is 0 Å². The Kier molecular flexibility index (Phi) is 3.05. The lowest BCUT2D eigenvalue weighted by Gasteiger charge is -1.98. The molecule has 0 amide bonds. The Balaban J connectivity index is 1.83. The summed E-state index contributed by atoms with van der Waals surface area (Å²) >= 11 is 1.01. The lowest BCUT2D eigenvalue weighted by molar-refractivity contribution is -0.380. The van der Waals surface area contributed by atoms with Gasteiger partial charge in [0.15, 0.2) is 5.13 Å². The Morgan fingerprint density at radius 2 is 2.44 bits per heavy atom. The molecule has 0 unspecified atom stereocenters. The predicted molar refractivity (Wildman–Crippen MR) is 57.3 cm³/mol. The van der Waals surface area contributed by atoms with Crippen LogP contribution in [0.4, 0.5) is 10.1 Å². The van der Waals surface area contributed by atoms with Crippen molar-refractivity contribution in [2.75, 3.05) is 11.9 Å². The zero-order valence-corrected chi connectivity index (χ0v) is 8.90. The Morgan fingerprint density at radius 1 is 1.56 bits per heavy atom. The molecule has 9 heteroatoms. The summed E-state index contributed by atoms with van der Waals surface area (Å²) in [5.74, 6) is 0.763. The van der Waals surface area contributed by atoms with Crippen LogP contribution in [0.1, 0.15) is 5.82 Å². The quantitative estimate of drug-likeness (QED) is 0.591. The van der Waals surface area contributed by atoms with Crippen molar-refractivity contribution in [2.45, 2.75) is 6.42 Å². The van der Waals surface area contributed by atoms with Crippen LogP contribution in [-0.2, 0) is 6.42 Å². The molecule has 0 saturated heterocycles. The van der Waals surface area contributed by atoms with E-state index in [-0.39, 0.29) is 5.00 Å². The first-order valence-electron chi connectivity index (χ1n) is 4.44. The van der Waals surface area contributed by atoms with Crippen LogP contribution >= 0.6 is 11.3 Å². The maximum absolute atomic E-state index is 10.4. The van der Waals surface area contributed by atoms with Gasteiger partial charge in [0.1, 0.15) is 18.3 Å². The van der Waals surface area contributed by atoms with Gasteiger partial charge in [-0.15, -0.1) is 0 Å². The molecule has 0 aliphatic heterocycles. The highest BCUT2D eigenvalue weighted by atomic mass is 32.1. The number of anilines is 1. The van der Waals surface area contributed by atoms with E-state index in [9.17, 15) is 10.1 Å². The highest BCUT2D eigenvalue weighted by Gasteiger charge is 2.10. The standard InChI is InChI=1S/C7H8N6O2S/c14-13(15)6-3-9-7(16-6)8-2-1-5-10-4-11-12-5/h3-4H,1-2H2,(H,8,9)(H,10,11,12). The third-order valence-corrected chi connectivity index (χ3v) is 2.68. The van der Waals surface area contributed by atoms with Gasteiger partial charge in [-0.3, -0.25) is 15.2 Å². The highest BCUT2D eigenvalue weighted by molar-refractivity contribution is 7.18. The summed E-state index contributed by atoms with van der Waals surface area (Å²) in [7, 11) is 0. The van der Waals surface area contributed by atoms with E-state index < -0.39 is 4.92 Å². The number of nitrogens with zero attached hydrogens (tertiary/aromatic N) is 4. The molecule has 0 spiro atoms.